The molecule has 0 bridgehead atoms. The fraction of sp³-hybridized carbons (Fsp3) is 0.333. The van der Waals surface area contributed by atoms with E-state index in [1.165, 1.54) is 12.4 Å². The van der Waals surface area contributed by atoms with Gasteiger partial charge in [0.1, 0.15) is 5.69 Å². The Bertz CT molecular complexity index is 568. The number of aromatic amines is 2. The van der Waals surface area contributed by atoms with Crippen LogP contribution in [0.4, 0.5) is 0 Å². The van der Waals surface area contributed by atoms with E-state index in [-0.39, 0.29) is 16.7 Å². The number of ether oxygens (including phenoxy) is 2. The Labute approximate surface area is 125 Å². The molecule has 21 heavy (non-hydrogen) atoms. The van der Waals surface area contributed by atoms with E-state index in [2.05, 4.69) is 29.9 Å². The van der Waals surface area contributed by atoms with Gasteiger partial charge in [-0.1, -0.05) is 11.6 Å². The Hall–Kier alpha value is -2.35. The van der Waals surface area contributed by atoms with E-state index >= 15 is 0 Å². The van der Waals surface area contributed by atoms with Crippen molar-refractivity contribution in [3.05, 3.63) is 34.9 Å². The summed E-state index contributed by atoms with van der Waals surface area (Å²) in [6.07, 6.45) is 2.86. The van der Waals surface area contributed by atoms with E-state index in [0.717, 1.165) is 0 Å². The van der Waals surface area contributed by atoms with Crippen molar-refractivity contribution in [1.29, 1.82) is 0 Å². The average molecular weight is 315 g/mol. The Morgan fingerprint density at radius 2 is 1.81 bits per heavy atom. The van der Waals surface area contributed by atoms with Crippen molar-refractivity contribution in [2.45, 2.75) is 13.8 Å². The molecular formula is C12H15ClN4O4. The molecule has 0 saturated heterocycles. The van der Waals surface area contributed by atoms with Crippen LogP contribution in [0.15, 0.2) is 18.5 Å². The van der Waals surface area contributed by atoms with Gasteiger partial charge in [-0.25, -0.2) is 9.59 Å². The zero-order valence-corrected chi connectivity index (χ0v) is 12.3. The van der Waals surface area contributed by atoms with Gasteiger partial charge in [0.25, 0.3) is 0 Å². The maximum Gasteiger partial charge on any atom is 0.357 e. The normalized spacial score (nSPS) is 9.48. The highest BCUT2D eigenvalue weighted by molar-refractivity contribution is 6.33. The summed E-state index contributed by atoms with van der Waals surface area (Å²) in [5, 5.41) is 12.4. The molecule has 8 nitrogen and oxygen atoms in total. The molecule has 0 atom stereocenters. The first-order valence-corrected chi connectivity index (χ1v) is 6.50. The van der Waals surface area contributed by atoms with Crippen molar-refractivity contribution in [2.24, 2.45) is 0 Å². The third kappa shape index (κ3) is 5.27. The van der Waals surface area contributed by atoms with Crippen LogP contribution in [0.3, 0.4) is 0 Å². The smallest absolute Gasteiger partial charge is 0.357 e. The highest BCUT2D eigenvalue weighted by Gasteiger charge is 2.12. The quantitative estimate of drug-likeness (QED) is 0.833. The summed E-state index contributed by atoms with van der Waals surface area (Å²) < 4.78 is 9.35. The molecule has 0 aliphatic heterocycles. The number of esters is 2. The number of carbonyl (C=O) groups is 2. The number of nitrogens with zero attached hydrogens (tertiary/aromatic N) is 2. The standard InChI is InChI=1S/C6H7ClN2O2.C6H8N2O2/c1-2-11-6(10)5-4(7)3-8-9-5;1-2-10-6(9)5-3-4-7-8-5/h3H,2H2,1H3,(H,8,9);3-4H,2H2,1H3,(H,7,8). The summed E-state index contributed by atoms with van der Waals surface area (Å²) in [6.45, 7) is 4.20. The van der Waals surface area contributed by atoms with Crippen LogP contribution in [0, 0.1) is 0 Å². The van der Waals surface area contributed by atoms with Crippen molar-refractivity contribution < 1.29 is 19.1 Å². The minimum absolute atomic E-state index is 0.202. The number of halogens is 1. The van der Waals surface area contributed by atoms with Gasteiger partial charge in [0, 0.05) is 6.20 Å². The first-order valence-electron chi connectivity index (χ1n) is 6.12. The van der Waals surface area contributed by atoms with Crippen LogP contribution in [0.25, 0.3) is 0 Å². The summed E-state index contributed by atoms with van der Waals surface area (Å²) in [4.78, 5) is 21.8. The summed E-state index contributed by atoms with van der Waals surface area (Å²) in [7, 11) is 0. The molecular weight excluding hydrogens is 300 g/mol. The number of H-pyrrole nitrogens is 2. The number of aromatic nitrogens is 4. The van der Waals surface area contributed by atoms with Crippen LogP contribution in [0.2, 0.25) is 5.02 Å². The lowest BCUT2D eigenvalue weighted by molar-refractivity contribution is 0.0510. The number of carbonyl (C=O) groups excluding carboxylic acids is 2. The van der Waals surface area contributed by atoms with Crippen LogP contribution in [0.5, 0.6) is 0 Å². The molecule has 114 valence electrons. The van der Waals surface area contributed by atoms with E-state index < -0.39 is 5.97 Å². The summed E-state index contributed by atoms with van der Waals surface area (Å²) in [6, 6.07) is 1.57. The predicted molar refractivity (Wildman–Crippen MR) is 74.1 cm³/mol. The van der Waals surface area contributed by atoms with E-state index in [0.29, 0.717) is 18.9 Å². The third-order valence-corrected chi connectivity index (χ3v) is 2.36. The third-order valence-electron chi connectivity index (χ3n) is 2.07. The van der Waals surface area contributed by atoms with Crippen LogP contribution >= 0.6 is 11.6 Å². The number of hydrogen-bond donors (Lipinski definition) is 2. The Kier molecular flexibility index (Phi) is 6.96. The van der Waals surface area contributed by atoms with E-state index in [1.54, 1.807) is 19.9 Å². The summed E-state index contributed by atoms with van der Waals surface area (Å²) >= 11 is 5.58. The Morgan fingerprint density at radius 3 is 2.29 bits per heavy atom. The first-order chi connectivity index (χ1) is 10.1. The lowest BCUT2D eigenvalue weighted by Gasteiger charge is -1.97. The maximum absolute atomic E-state index is 10.9. The molecule has 2 heterocycles. The van der Waals surface area contributed by atoms with Gasteiger partial charge in [-0.3, -0.25) is 10.2 Å². The van der Waals surface area contributed by atoms with Gasteiger partial charge in [-0.15, -0.1) is 0 Å². The van der Waals surface area contributed by atoms with Crippen LogP contribution in [-0.2, 0) is 9.47 Å². The van der Waals surface area contributed by atoms with Gasteiger partial charge in [0.05, 0.1) is 24.4 Å². The topological polar surface area (TPSA) is 110 Å². The molecule has 9 heteroatoms. The minimum atomic E-state index is -0.477. The number of hydrogen-bond acceptors (Lipinski definition) is 6. The average Bonchev–Trinajstić information content (AvgIpc) is 3.11. The summed E-state index contributed by atoms with van der Waals surface area (Å²) in [5.41, 5.74) is 0.593. The van der Waals surface area contributed by atoms with E-state index in [9.17, 15) is 9.59 Å². The highest BCUT2D eigenvalue weighted by atomic mass is 35.5. The molecule has 0 aliphatic carbocycles. The second-order valence-corrected chi connectivity index (χ2v) is 3.91. The van der Waals surface area contributed by atoms with Crippen LogP contribution < -0.4 is 0 Å². The van der Waals surface area contributed by atoms with Gasteiger partial charge in [0.15, 0.2) is 5.69 Å². The lowest BCUT2D eigenvalue weighted by atomic mass is 10.4. The van der Waals surface area contributed by atoms with Gasteiger partial charge in [-0.05, 0) is 19.9 Å². The molecule has 0 aliphatic rings. The fourth-order valence-electron chi connectivity index (χ4n) is 1.20. The van der Waals surface area contributed by atoms with Crippen molar-refractivity contribution >= 4 is 23.5 Å². The van der Waals surface area contributed by atoms with E-state index in [1.807, 2.05) is 0 Å². The maximum atomic E-state index is 10.9. The number of nitrogens with one attached hydrogen (secondary N) is 2. The molecule has 0 fully saturated rings. The van der Waals surface area contributed by atoms with Crippen LogP contribution in [0.1, 0.15) is 34.8 Å². The molecule has 0 aromatic carbocycles. The highest BCUT2D eigenvalue weighted by Crippen LogP contribution is 2.11. The molecule has 2 rings (SSSR count). The molecule has 0 saturated carbocycles. The lowest BCUT2D eigenvalue weighted by Crippen LogP contribution is -2.05. The SMILES string of the molecule is CCOC(=O)c1[nH]ncc1Cl.CCOC(=O)c1ccn[nH]1. The van der Waals surface area contributed by atoms with Gasteiger partial charge in [0.2, 0.25) is 0 Å². The zero-order valence-electron chi connectivity index (χ0n) is 11.6. The minimum Gasteiger partial charge on any atom is -0.461 e. The first kappa shape index (κ1) is 16.7. The molecule has 2 aromatic rings. The second-order valence-electron chi connectivity index (χ2n) is 3.50. The van der Waals surface area contributed by atoms with E-state index in [4.69, 9.17) is 11.6 Å². The number of rotatable bonds is 4. The monoisotopic (exact) mass is 314 g/mol. The van der Waals surface area contributed by atoms with Gasteiger partial charge in [-0.2, -0.15) is 10.2 Å². The fourth-order valence-corrected chi connectivity index (χ4v) is 1.36. The van der Waals surface area contributed by atoms with Gasteiger partial charge >= 0.3 is 11.9 Å². The van der Waals surface area contributed by atoms with Crippen LogP contribution in [-0.4, -0.2) is 45.5 Å². The second kappa shape index (κ2) is 8.75. The zero-order chi connectivity index (χ0) is 15.7. The summed E-state index contributed by atoms with van der Waals surface area (Å²) in [5.74, 6) is -0.838. The molecule has 0 spiro atoms. The Morgan fingerprint density at radius 1 is 1.14 bits per heavy atom. The molecule has 2 N–H and O–H groups in total. The molecule has 0 unspecified atom stereocenters. The Balaban J connectivity index is 0.000000211. The van der Waals surface area contributed by atoms with Crippen molar-refractivity contribution in [3.8, 4) is 0 Å². The largest absolute Gasteiger partial charge is 0.461 e. The molecule has 0 amide bonds. The predicted octanol–water partition coefficient (Wildman–Crippen LogP) is 1.83. The molecule has 2 aromatic heterocycles. The van der Waals surface area contributed by atoms with Crippen molar-refractivity contribution in [2.75, 3.05) is 13.2 Å². The molecule has 0 radical (unpaired) electrons. The van der Waals surface area contributed by atoms with Gasteiger partial charge < -0.3 is 9.47 Å². The van der Waals surface area contributed by atoms with Crippen molar-refractivity contribution in [1.82, 2.24) is 20.4 Å². The van der Waals surface area contributed by atoms with Crippen molar-refractivity contribution in [3.63, 3.8) is 0 Å².